The van der Waals surface area contributed by atoms with Gasteiger partial charge in [0, 0.05) is 6.20 Å². The van der Waals surface area contributed by atoms with E-state index in [1.54, 1.807) is 38.3 Å². The summed E-state index contributed by atoms with van der Waals surface area (Å²) in [5.74, 6) is -0.810. The van der Waals surface area contributed by atoms with E-state index in [0.717, 1.165) is 21.7 Å². The molecule has 0 saturated carbocycles. The Labute approximate surface area is 168 Å². The molecule has 2 aromatic rings. The quantitative estimate of drug-likeness (QED) is 0.729. The van der Waals surface area contributed by atoms with Crippen molar-refractivity contribution in [2.24, 2.45) is 0 Å². The molecule has 1 fully saturated rings. The number of carbonyl (C=O) groups excluding carboxylic acids is 3. The largest absolute Gasteiger partial charge is 0.346 e. The van der Waals surface area contributed by atoms with Crippen LogP contribution in [-0.4, -0.2) is 39.3 Å². The Balaban J connectivity index is 1.82. The average molecular weight is 401 g/mol. The third-order valence-electron chi connectivity index (χ3n) is 4.87. The molecule has 8 heteroatoms. The molecule has 0 bridgehead atoms. The van der Waals surface area contributed by atoms with Gasteiger partial charge in [0.1, 0.15) is 11.6 Å². The maximum atomic E-state index is 12.9. The minimum Gasteiger partial charge on any atom is -0.346 e. The minimum absolute atomic E-state index is 0.362. The lowest BCUT2D eigenvalue weighted by atomic mass is 10.0. The first kappa shape index (κ1) is 20.0. The predicted molar refractivity (Wildman–Crippen MR) is 107 cm³/mol. The van der Waals surface area contributed by atoms with Crippen LogP contribution in [-0.2, 0) is 16.0 Å². The molecule has 1 aliphatic rings. The first-order valence-corrected chi connectivity index (χ1v) is 10.0. The Morgan fingerprint density at radius 2 is 2.11 bits per heavy atom. The van der Waals surface area contributed by atoms with E-state index >= 15 is 0 Å². The van der Waals surface area contributed by atoms with Crippen molar-refractivity contribution in [2.45, 2.75) is 51.7 Å². The third-order valence-corrected chi connectivity index (χ3v) is 5.61. The number of thiophene rings is 1. The number of hydrogen-bond donors (Lipinski definition) is 2. The Morgan fingerprint density at radius 3 is 2.68 bits per heavy atom. The van der Waals surface area contributed by atoms with Gasteiger partial charge in [0.2, 0.25) is 5.91 Å². The van der Waals surface area contributed by atoms with E-state index in [-0.39, 0.29) is 6.04 Å². The summed E-state index contributed by atoms with van der Waals surface area (Å²) in [6.45, 7) is 6.74. The zero-order valence-corrected chi connectivity index (χ0v) is 17.2. The van der Waals surface area contributed by atoms with Crippen LogP contribution in [0.5, 0.6) is 0 Å². The van der Waals surface area contributed by atoms with Gasteiger partial charge in [-0.1, -0.05) is 6.07 Å². The number of hydrogen-bond acceptors (Lipinski definition) is 5. The minimum atomic E-state index is -1.01. The van der Waals surface area contributed by atoms with Gasteiger partial charge in [0.05, 0.1) is 11.7 Å². The van der Waals surface area contributed by atoms with Crippen LogP contribution < -0.4 is 10.6 Å². The highest BCUT2D eigenvalue weighted by Crippen LogP contribution is 2.23. The van der Waals surface area contributed by atoms with Gasteiger partial charge in [-0.3, -0.25) is 14.6 Å². The lowest BCUT2D eigenvalue weighted by Crippen LogP contribution is -2.50. The first-order valence-electron chi connectivity index (χ1n) is 9.09. The zero-order valence-electron chi connectivity index (χ0n) is 16.4. The van der Waals surface area contributed by atoms with Crippen LogP contribution in [0, 0.1) is 6.92 Å². The Kier molecular flexibility index (Phi) is 5.51. The smallest absolute Gasteiger partial charge is 0.325 e. The van der Waals surface area contributed by atoms with Crippen LogP contribution in [0.15, 0.2) is 35.2 Å². The summed E-state index contributed by atoms with van der Waals surface area (Å²) in [7, 11) is 0. The van der Waals surface area contributed by atoms with Crippen molar-refractivity contribution in [1.82, 2.24) is 20.5 Å². The molecule has 0 unspecified atom stereocenters. The topological polar surface area (TPSA) is 91.4 Å². The van der Waals surface area contributed by atoms with Crippen molar-refractivity contribution < 1.29 is 14.4 Å². The van der Waals surface area contributed by atoms with Gasteiger partial charge < -0.3 is 10.6 Å². The van der Waals surface area contributed by atoms with Gasteiger partial charge >= 0.3 is 6.03 Å². The van der Waals surface area contributed by atoms with Crippen LogP contribution in [0.25, 0.3) is 0 Å². The number of rotatable bonds is 6. The van der Waals surface area contributed by atoms with Crippen LogP contribution in [0.2, 0.25) is 0 Å². The van der Waals surface area contributed by atoms with Crippen LogP contribution >= 0.6 is 11.3 Å². The molecule has 28 heavy (non-hydrogen) atoms. The molecule has 0 spiro atoms. The van der Waals surface area contributed by atoms with Crippen molar-refractivity contribution in [3.05, 3.63) is 52.0 Å². The summed E-state index contributed by atoms with van der Waals surface area (Å²) in [6.07, 6.45) is 2.27. The molecule has 0 aliphatic carbocycles. The van der Waals surface area contributed by atoms with Gasteiger partial charge in [0.25, 0.3) is 5.91 Å². The number of carbonyl (C=O) groups is 3. The number of imide groups is 1. The molecule has 3 rings (SSSR count). The van der Waals surface area contributed by atoms with Crippen LogP contribution in [0.3, 0.4) is 0 Å². The molecule has 0 aromatic carbocycles. The molecule has 4 amide bonds. The number of amides is 4. The fourth-order valence-corrected chi connectivity index (χ4v) is 3.94. The highest BCUT2D eigenvalue weighted by molar-refractivity contribution is 7.07. The fourth-order valence-electron chi connectivity index (χ4n) is 3.26. The first-order chi connectivity index (χ1) is 13.2. The Morgan fingerprint density at radius 1 is 1.36 bits per heavy atom. The number of aromatic nitrogens is 1. The molecule has 7 nitrogen and oxygen atoms in total. The van der Waals surface area contributed by atoms with E-state index in [1.165, 1.54) is 0 Å². The highest BCUT2D eigenvalue weighted by atomic mass is 32.1. The summed E-state index contributed by atoms with van der Waals surface area (Å²) in [5.41, 5.74) is 1.81. The van der Waals surface area contributed by atoms with Crippen molar-refractivity contribution in [1.29, 1.82) is 0 Å². The molecule has 2 atom stereocenters. The number of nitrogens with zero attached hydrogens (tertiary/aromatic N) is 2. The monoisotopic (exact) mass is 400 g/mol. The average Bonchev–Trinajstić information content (AvgIpc) is 3.20. The van der Waals surface area contributed by atoms with Crippen molar-refractivity contribution >= 4 is 29.2 Å². The Hall–Kier alpha value is -2.74. The number of nitrogens with one attached hydrogen (secondary N) is 2. The van der Waals surface area contributed by atoms with Gasteiger partial charge in [-0.15, -0.1) is 0 Å². The molecule has 0 radical (unpaired) electrons. The number of urea groups is 1. The zero-order chi connectivity index (χ0) is 20.5. The summed E-state index contributed by atoms with van der Waals surface area (Å²) in [4.78, 5) is 43.1. The Bertz CT molecular complexity index is 895. The second kappa shape index (κ2) is 7.71. The van der Waals surface area contributed by atoms with Crippen LogP contribution in [0.4, 0.5) is 4.79 Å². The third kappa shape index (κ3) is 3.91. The maximum Gasteiger partial charge on any atom is 0.325 e. The molecule has 148 valence electrons. The summed E-state index contributed by atoms with van der Waals surface area (Å²) >= 11 is 1.59. The van der Waals surface area contributed by atoms with E-state index in [9.17, 15) is 14.4 Å². The molecule has 1 aliphatic heterocycles. The normalized spacial score (nSPS) is 17.9. The number of aryl methyl sites for hydroxylation is 1. The summed E-state index contributed by atoms with van der Waals surface area (Å²) < 4.78 is 0. The van der Waals surface area contributed by atoms with E-state index in [1.807, 2.05) is 35.9 Å². The summed E-state index contributed by atoms with van der Waals surface area (Å²) in [6, 6.07) is 3.95. The SMILES string of the molecule is Cc1cccnc1[C@@H](Cc1ccsc1)NC(=O)[C@@H](C)N1C(=O)NC(C)(C)C1=O. The van der Waals surface area contributed by atoms with Crippen molar-refractivity contribution in [2.75, 3.05) is 0 Å². The van der Waals surface area contributed by atoms with E-state index in [0.29, 0.717) is 6.42 Å². The predicted octanol–water partition coefficient (Wildman–Crippen LogP) is 2.57. The van der Waals surface area contributed by atoms with Crippen molar-refractivity contribution in [3.63, 3.8) is 0 Å². The summed E-state index contributed by atoms with van der Waals surface area (Å²) in [5, 5.41) is 9.60. The van der Waals surface area contributed by atoms with Crippen molar-refractivity contribution in [3.8, 4) is 0 Å². The lowest BCUT2D eigenvalue weighted by Gasteiger charge is -2.25. The van der Waals surface area contributed by atoms with Gasteiger partial charge in [-0.25, -0.2) is 9.69 Å². The molecule has 1 saturated heterocycles. The standard InChI is InChI=1S/C20H24N4O3S/c1-12-6-5-8-21-16(12)15(10-14-7-9-28-11-14)22-17(25)13(2)24-18(26)20(3,4)23-19(24)27/h5-9,11,13,15H,10H2,1-4H3,(H,22,25)(H,23,27)/t13-,15-/m1/s1. The van der Waals surface area contributed by atoms with Gasteiger partial charge in [-0.05, 0) is 68.1 Å². The molecular weight excluding hydrogens is 376 g/mol. The van der Waals surface area contributed by atoms with Gasteiger partial charge in [0.15, 0.2) is 0 Å². The maximum absolute atomic E-state index is 12.9. The molecule has 2 N–H and O–H groups in total. The van der Waals surface area contributed by atoms with Gasteiger partial charge in [-0.2, -0.15) is 11.3 Å². The highest BCUT2D eigenvalue weighted by Gasteiger charge is 2.48. The lowest BCUT2D eigenvalue weighted by molar-refractivity contribution is -0.137. The van der Waals surface area contributed by atoms with E-state index < -0.39 is 29.4 Å². The molecule has 3 heterocycles. The molecule has 2 aromatic heterocycles. The second-order valence-corrected chi connectivity index (χ2v) is 8.29. The van der Waals surface area contributed by atoms with E-state index in [4.69, 9.17) is 0 Å². The fraction of sp³-hybridized carbons (Fsp3) is 0.400. The van der Waals surface area contributed by atoms with E-state index in [2.05, 4.69) is 15.6 Å². The second-order valence-electron chi connectivity index (χ2n) is 7.51. The van der Waals surface area contributed by atoms with Crippen LogP contribution in [0.1, 0.15) is 43.6 Å². The molecular formula is C20H24N4O3S. The number of pyridine rings is 1.